The molecule has 3 aromatic heterocycles. The van der Waals surface area contributed by atoms with Gasteiger partial charge in [-0.3, -0.25) is 4.79 Å². The topological polar surface area (TPSA) is 74.3 Å². The number of esters is 1. The number of hydrogen-bond acceptors (Lipinski definition) is 6. The zero-order chi connectivity index (χ0) is 19.7. The number of aromatic nitrogens is 2. The van der Waals surface area contributed by atoms with Gasteiger partial charge in [-0.1, -0.05) is 18.2 Å². The van der Waals surface area contributed by atoms with Gasteiger partial charge >= 0.3 is 5.97 Å². The van der Waals surface area contributed by atoms with Crippen molar-refractivity contribution >= 4 is 28.3 Å². The third-order valence-electron chi connectivity index (χ3n) is 4.33. The van der Waals surface area contributed by atoms with Crippen molar-refractivity contribution < 1.29 is 13.9 Å². The summed E-state index contributed by atoms with van der Waals surface area (Å²) in [6.45, 7) is 4.11. The summed E-state index contributed by atoms with van der Waals surface area (Å²) in [7, 11) is 0. The smallest absolute Gasteiger partial charge is 0.374 e. The van der Waals surface area contributed by atoms with Gasteiger partial charge < -0.3 is 9.15 Å². The maximum atomic E-state index is 12.4. The molecule has 0 saturated carbocycles. The van der Waals surface area contributed by atoms with Crippen LogP contribution in [0.2, 0.25) is 0 Å². The van der Waals surface area contributed by atoms with Crippen molar-refractivity contribution in [1.82, 2.24) is 9.78 Å². The van der Waals surface area contributed by atoms with Gasteiger partial charge in [-0.2, -0.15) is 5.10 Å². The van der Waals surface area contributed by atoms with Crippen LogP contribution in [0.1, 0.15) is 27.9 Å². The van der Waals surface area contributed by atoms with Gasteiger partial charge in [0.2, 0.25) is 5.76 Å². The van der Waals surface area contributed by atoms with Crippen LogP contribution in [0.15, 0.2) is 57.7 Å². The summed E-state index contributed by atoms with van der Waals surface area (Å²) >= 11 is 1.61. The molecule has 0 amide bonds. The molecule has 0 aliphatic carbocycles. The minimum Gasteiger partial charge on any atom is -0.460 e. The van der Waals surface area contributed by atoms with E-state index < -0.39 is 5.97 Å². The first-order chi connectivity index (χ1) is 13.6. The summed E-state index contributed by atoms with van der Waals surface area (Å²) in [5.41, 5.74) is 1.61. The molecule has 0 aliphatic heterocycles. The van der Waals surface area contributed by atoms with Gasteiger partial charge in [-0.05, 0) is 38.1 Å². The van der Waals surface area contributed by atoms with E-state index in [1.54, 1.807) is 30.4 Å². The zero-order valence-corrected chi connectivity index (χ0v) is 16.3. The lowest BCUT2D eigenvalue weighted by Gasteiger charge is -2.07. The lowest BCUT2D eigenvalue weighted by Crippen LogP contribution is -2.23. The highest BCUT2D eigenvalue weighted by atomic mass is 32.1. The Morgan fingerprint density at radius 2 is 2.00 bits per heavy atom. The predicted molar refractivity (Wildman–Crippen MR) is 108 cm³/mol. The van der Waals surface area contributed by atoms with E-state index in [0.29, 0.717) is 16.8 Å². The third-order valence-corrected chi connectivity index (χ3v) is 5.35. The molecule has 0 N–H and O–H groups in total. The molecule has 0 radical (unpaired) electrons. The molecule has 3 heterocycles. The molecular weight excluding hydrogens is 376 g/mol. The van der Waals surface area contributed by atoms with Gasteiger partial charge in [-0.25, -0.2) is 9.48 Å². The van der Waals surface area contributed by atoms with E-state index in [9.17, 15) is 9.59 Å². The molecule has 7 heteroatoms. The summed E-state index contributed by atoms with van der Waals surface area (Å²) in [5.74, 6) is -0.444. The fourth-order valence-corrected chi connectivity index (χ4v) is 3.87. The summed E-state index contributed by atoms with van der Waals surface area (Å²) in [6.07, 6.45) is 0. The zero-order valence-electron chi connectivity index (χ0n) is 15.5. The van der Waals surface area contributed by atoms with Crippen molar-refractivity contribution in [2.45, 2.75) is 20.4 Å². The van der Waals surface area contributed by atoms with E-state index in [4.69, 9.17) is 9.15 Å². The van der Waals surface area contributed by atoms with E-state index in [0.717, 1.165) is 10.3 Å². The van der Waals surface area contributed by atoms with Gasteiger partial charge in [0, 0.05) is 21.9 Å². The van der Waals surface area contributed by atoms with Gasteiger partial charge in [0.1, 0.15) is 11.3 Å². The van der Waals surface area contributed by atoms with E-state index in [1.165, 1.54) is 15.6 Å². The molecule has 1 aromatic carbocycles. The van der Waals surface area contributed by atoms with Gasteiger partial charge in [-0.15, -0.1) is 11.3 Å². The van der Waals surface area contributed by atoms with Crippen molar-refractivity contribution in [2.75, 3.05) is 6.61 Å². The van der Waals surface area contributed by atoms with E-state index in [-0.39, 0.29) is 24.5 Å². The maximum Gasteiger partial charge on any atom is 0.374 e. The second-order valence-corrected chi connectivity index (χ2v) is 7.54. The standard InChI is InChI=1S/C21H18N2O4S/c1-3-26-21(25)20-15(14-6-4-5-7-17(14)27-20)12-23-19(24)11-9-16(22-23)18-10-8-13(2)28-18/h4-11H,3,12H2,1-2H3. The monoisotopic (exact) mass is 394 g/mol. The Bertz CT molecular complexity index is 1220. The van der Waals surface area contributed by atoms with E-state index in [2.05, 4.69) is 5.10 Å². The molecule has 0 aliphatic rings. The molecule has 4 aromatic rings. The summed E-state index contributed by atoms with van der Waals surface area (Å²) in [5, 5.41) is 5.27. The number of nitrogens with zero attached hydrogens (tertiary/aromatic N) is 2. The number of thiophene rings is 1. The minimum absolute atomic E-state index is 0.106. The molecule has 142 valence electrons. The van der Waals surface area contributed by atoms with E-state index >= 15 is 0 Å². The highest BCUT2D eigenvalue weighted by Crippen LogP contribution is 2.28. The van der Waals surface area contributed by atoms with Crippen LogP contribution in [0.25, 0.3) is 21.5 Å². The Morgan fingerprint density at radius 1 is 1.18 bits per heavy atom. The molecule has 0 fully saturated rings. The second kappa shape index (κ2) is 7.44. The molecule has 0 bridgehead atoms. The third kappa shape index (κ3) is 3.36. The number of hydrogen-bond donors (Lipinski definition) is 0. The van der Waals surface area contributed by atoms with Crippen molar-refractivity contribution in [3.63, 3.8) is 0 Å². The number of para-hydroxylation sites is 1. The van der Waals surface area contributed by atoms with Crippen LogP contribution in [-0.2, 0) is 11.3 Å². The first kappa shape index (κ1) is 18.2. The first-order valence-corrected chi connectivity index (χ1v) is 9.71. The average Bonchev–Trinajstić information content (AvgIpc) is 3.28. The Hall–Kier alpha value is -3.19. The summed E-state index contributed by atoms with van der Waals surface area (Å²) in [6, 6.07) is 14.5. The molecular formula is C21H18N2O4S. The average molecular weight is 394 g/mol. The van der Waals surface area contributed by atoms with Crippen molar-refractivity contribution in [3.8, 4) is 10.6 Å². The summed E-state index contributed by atoms with van der Waals surface area (Å²) in [4.78, 5) is 27.0. The Labute approximate surface area is 165 Å². The second-order valence-electron chi connectivity index (χ2n) is 6.25. The van der Waals surface area contributed by atoms with Crippen LogP contribution in [0.5, 0.6) is 0 Å². The van der Waals surface area contributed by atoms with Crippen LogP contribution >= 0.6 is 11.3 Å². The van der Waals surface area contributed by atoms with E-state index in [1.807, 2.05) is 37.3 Å². The number of benzene rings is 1. The fraction of sp³-hybridized carbons (Fsp3) is 0.190. The first-order valence-electron chi connectivity index (χ1n) is 8.89. The number of carbonyl (C=O) groups is 1. The van der Waals surface area contributed by atoms with Gasteiger partial charge in [0.05, 0.1) is 18.0 Å². The van der Waals surface area contributed by atoms with Crippen LogP contribution in [0.4, 0.5) is 0 Å². The molecule has 0 spiro atoms. The number of rotatable bonds is 5. The highest BCUT2D eigenvalue weighted by Gasteiger charge is 2.22. The minimum atomic E-state index is -0.549. The highest BCUT2D eigenvalue weighted by molar-refractivity contribution is 7.15. The number of aryl methyl sites for hydroxylation is 1. The lowest BCUT2D eigenvalue weighted by molar-refractivity contribution is 0.0490. The molecule has 4 rings (SSSR count). The fourth-order valence-electron chi connectivity index (χ4n) is 3.03. The van der Waals surface area contributed by atoms with Gasteiger partial charge in [0.15, 0.2) is 0 Å². The largest absolute Gasteiger partial charge is 0.460 e. The SMILES string of the molecule is CCOC(=O)c1oc2ccccc2c1Cn1nc(-c2ccc(C)s2)ccc1=O. The molecule has 28 heavy (non-hydrogen) atoms. The number of fused-ring (bicyclic) bond motifs is 1. The molecule has 6 nitrogen and oxygen atoms in total. The normalized spacial score (nSPS) is 11.1. The van der Waals surface area contributed by atoms with Crippen molar-refractivity contribution in [1.29, 1.82) is 0 Å². The molecule has 0 unspecified atom stereocenters. The van der Waals surface area contributed by atoms with Crippen molar-refractivity contribution in [3.05, 3.63) is 75.1 Å². The van der Waals surface area contributed by atoms with Gasteiger partial charge in [0.25, 0.3) is 5.56 Å². The number of furan rings is 1. The molecule has 0 atom stereocenters. The van der Waals surface area contributed by atoms with Crippen molar-refractivity contribution in [2.24, 2.45) is 0 Å². The maximum absolute atomic E-state index is 12.4. The van der Waals surface area contributed by atoms with Crippen LogP contribution in [-0.4, -0.2) is 22.4 Å². The Morgan fingerprint density at radius 3 is 2.75 bits per heavy atom. The van der Waals surface area contributed by atoms with Crippen LogP contribution < -0.4 is 5.56 Å². The molecule has 0 saturated heterocycles. The van der Waals surface area contributed by atoms with Crippen LogP contribution in [0.3, 0.4) is 0 Å². The lowest BCUT2D eigenvalue weighted by atomic mass is 10.1. The predicted octanol–water partition coefficient (Wildman–Crippen LogP) is 4.25. The quantitative estimate of drug-likeness (QED) is 0.473. The Kier molecular flexibility index (Phi) is 4.83. The number of carbonyl (C=O) groups excluding carboxylic acids is 1. The Balaban J connectivity index is 1.81. The van der Waals surface area contributed by atoms with Crippen LogP contribution in [0, 0.1) is 6.92 Å². The summed E-state index contributed by atoms with van der Waals surface area (Å²) < 4.78 is 12.2. The number of ether oxygens (including phenoxy) is 1.